The molecule has 0 saturated heterocycles. The van der Waals surface area contributed by atoms with E-state index < -0.39 is 5.91 Å². The highest BCUT2D eigenvalue weighted by molar-refractivity contribution is 5.73. The molecule has 2 N–H and O–H groups in total. The third-order valence-electron chi connectivity index (χ3n) is 1.12. The molecule has 0 bridgehead atoms. The number of hydrogen-bond donors (Lipinski definition) is 1. The van der Waals surface area contributed by atoms with Crippen LogP contribution in [-0.2, 0) is 11.3 Å². The van der Waals surface area contributed by atoms with Crippen molar-refractivity contribution in [1.29, 1.82) is 0 Å². The van der Waals surface area contributed by atoms with Crippen LogP contribution < -0.4 is 5.73 Å². The van der Waals surface area contributed by atoms with Crippen LogP contribution in [0.1, 0.15) is 5.69 Å². The smallest absolute Gasteiger partial charge is 0.239 e. The largest absolute Gasteiger partial charge is 0.368 e. The quantitative estimate of drug-likeness (QED) is 0.576. The van der Waals surface area contributed by atoms with Crippen molar-refractivity contribution in [3.63, 3.8) is 0 Å². The highest BCUT2D eigenvalue weighted by Crippen LogP contribution is 1.90. The van der Waals surface area contributed by atoms with Gasteiger partial charge in [-0.2, -0.15) is 0 Å². The molecule has 0 aliphatic carbocycles. The molecular formula is C5H8N4O. The summed E-state index contributed by atoms with van der Waals surface area (Å²) in [5.41, 5.74) is 5.76. The van der Waals surface area contributed by atoms with Crippen LogP contribution in [0.4, 0.5) is 0 Å². The van der Waals surface area contributed by atoms with Crippen molar-refractivity contribution in [3.05, 3.63) is 11.9 Å². The molecule has 0 unspecified atom stereocenters. The SMILES string of the molecule is Cc1cnnn1CC(N)=O. The molecule has 0 atom stereocenters. The maximum absolute atomic E-state index is 10.4. The third kappa shape index (κ3) is 1.31. The zero-order valence-corrected chi connectivity index (χ0v) is 5.61. The van der Waals surface area contributed by atoms with Gasteiger partial charge in [0.15, 0.2) is 0 Å². The topological polar surface area (TPSA) is 73.8 Å². The summed E-state index contributed by atoms with van der Waals surface area (Å²) >= 11 is 0. The molecule has 10 heavy (non-hydrogen) atoms. The van der Waals surface area contributed by atoms with Crippen molar-refractivity contribution < 1.29 is 4.79 Å². The summed E-state index contributed by atoms with van der Waals surface area (Å²) in [4.78, 5) is 10.4. The highest BCUT2D eigenvalue weighted by Gasteiger charge is 1.99. The summed E-state index contributed by atoms with van der Waals surface area (Å²) in [5, 5.41) is 7.20. The zero-order chi connectivity index (χ0) is 7.56. The van der Waals surface area contributed by atoms with E-state index in [-0.39, 0.29) is 6.54 Å². The van der Waals surface area contributed by atoms with Gasteiger partial charge in [-0.25, -0.2) is 4.68 Å². The van der Waals surface area contributed by atoms with Gasteiger partial charge in [0.1, 0.15) is 6.54 Å². The van der Waals surface area contributed by atoms with Gasteiger partial charge in [0.25, 0.3) is 0 Å². The Morgan fingerprint density at radius 1 is 1.90 bits per heavy atom. The van der Waals surface area contributed by atoms with Gasteiger partial charge in [-0.3, -0.25) is 4.79 Å². The third-order valence-corrected chi connectivity index (χ3v) is 1.12. The molecule has 0 saturated carbocycles. The fourth-order valence-electron chi connectivity index (χ4n) is 0.613. The van der Waals surface area contributed by atoms with Gasteiger partial charge in [0.05, 0.1) is 11.9 Å². The summed E-state index contributed by atoms with van der Waals surface area (Å²) in [6.07, 6.45) is 1.57. The Morgan fingerprint density at radius 2 is 2.60 bits per heavy atom. The molecule has 5 heteroatoms. The maximum Gasteiger partial charge on any atom is 0.239 e. The molecule has 1 rings (SSSR count). The summed E-state index contributed by atoms with van der Waals surface area (Å²) in [6, 6.07) is 0. The molecule has 0 radical (unpaired) electrons. The molecule has 0 aliphatic rings. The minimum Gasteiger partial charge on any atom is -0.368 e. The van der Waals surface area contributed by atoms with E-state index >= 15 is 0 Å². The van der Waals surface area contributed by atoms with Gasteiger partial charge in [-0.15, -0.1) is 5.10 Å². The van der Waals surface area contributed by atoms with E-state index in [0.717, 1.165) is 5.69 Å². The van der Waals surface area contributed by atoms with Crippen LogP contribution in [0.15, 0.2) is 6.20 Å². The summed E-state index contributed by atoms with van der Waals surface area (Å²) in [5.74, 6) is -0.409. The number of nitrogens with zero attached hydrogens (tertiary/aromatic N) is 3. The van der Waals surface area contributed by atoms with Crippen molar-refractivity contribution in [3.8, 4) is 0 Å². The van der Waals surface area contributed by atoms with E-state index in [2.05, 4.69) is 10.3 Å². The molecule has 5 nitrogen and oxygen atoms in total. The molecular weight excluding hydrogens is 132 g/mol. The first-order chi connectivity index (χ1) is 4.70. The molecule has 0 aliphatic heterocycles. The Kier molecular flexibility index (Phi) is 1.66. The van der Waals surface area contributed by atoms with E-state index in [4.69, 9.17) is 5.73 Å². The lowest BCUT2D eigenvalue weighted by Crippen LogP contribution is -2.20. The molecule has 1 aromatic heterocycles. The van der Waals surface area contributed by atoms with Gasteiger partial charge in [0.2, 0.25) is 5.91 Å². The number of hydrogen-bond acceptors (Lipinski definition) is 3. The van der Waals surface area contributed by atoms with Crippen LogP contribution in [0, 0.1) is 6.92 Å². The minimum atomic E-state index is -0.409. The fourth-order valence-corrected chi connectivity index (χ4v) is 0.613. The van der Waals surface area contributed by atoms with Gasteiger partial charge >= 0.3 is 0 Å². The van der Waals surface area contributed by atoms with E-state index in [1.807, 2.05) is 6.92 Å². The van der Waals surface area contributed by atoms with Crippen LogP contribution in [0.5, 0.6) is 0 Å². The predicted octanol–water partition coefficient (Wildman–Crippen LogP) is -0.928. The van der Waals surface area contributed by atoms with Crippen molar-refractivity contribution >= 4 is 5.91 Å². The van der Waals surface area contributed by atoms with Crippen LogP contribution in [-0.4, -0.2) is 20.9 Å². The van der Waals surface area contributed by atoms with Gasteiger partial charge in [-0.1, -0.05) is 5.21 Å². The fraction of sp³-hybridized carbons (Fsp3) is 0.400. The van der Waals surface area contributed by atoms with E-state index in [1.165, 1.54) is 4.68 Å². The molecule has 1 heterocycles. The number of aromatic nitrogens is 3. The van der Waals surface area contributed by atoms with Crippen molar-refractivity contribution in [2.24, 2.45) is 5.73 Å². The maximum atomic E-state index is 10.4. The van der Waals surface area contributed by atoms with Gasteiger partial charge < -0.3 is 5.73 Å². The first kappa shape index (κ1) is 6.73. The van der Waals surface area contributed by atoms with E-state index in [9.17, 15) is 4.79 Å². The van der Waals surface area contributed by atoms with Crippen LogP contribution >= 0.6 is 0 Å². The average Bonchev–Trinajstić information content (AvgIpc) is 2.15. The van der Waals surface area contributed by atoms with E-state index in [1.54, 1.807) is 6.20 Å². The van der Waals surface area contributed by atoms with Crippen molar-refractivity contribution in [2.75, 3.05) is 0 Å². The van der Waals surface area contributed by atoms with E-state index in [0.29, 0.717) is 0 Å². The molecule has 0 fully saturated rings. The molecule has 1 aromatic rings. The average molecular weight is 140 g/mol. The van der Waals surface area contributed by atoms with Crippen molar-refractivity contribution in [2.45, 2.75) is 13.5 Å². The van der Waals surface area contributed by atoms with Crippen LogP contribution in [0.2, 0.25) is 0 Å². The number of carbonyl (C=O) groups is 1. The number of nitrogens with two attached hydrogens (primary N) is 1. The second-order valence-corrected chi connectivity index (χ2v) is 2.00. The minimum absolute atomic E-state index is 0.103. The lowest BCUT2D eigenvalue weighted by molar-refractivity contribution is -0.118. The number of carbonyl (C=O) groups excluding carboxylic acids is 1. The van der Waals surface area contributed by atoms with Crippen molar-refractivity contribution in [1.82, 2.24) is 15.0 Å². The number of aryl methyl sites for hydroxylation is 1. The summed E-state index contributed by atoms with van der Waals surface area (Å²) in [6.45, 7) is 1.91. The predicted molar refractivity (Wildman–Crippen MR) is 34.0 cm³/mol. The molecule has 54 valence electrons. The molecule has 1 amide bonds. The zero-order valence-electron chi connectivity index (χ0n) is 5.61. The standard InChI is InChI=1S/C5H8N4O/c1-4-2-7-8-9(4)3-5(6)10/h2H,3H2,1H3,(H2,6,10). The van der Waals surface area contributed by atoms with Crippen LogP contribution in [0.3, 0.4) is 0 Å². The van der Waals surface area contributed by atoms with Gasteiger partial charge in [-0.05, 0) is 6.92 Å². The first-order valence-electron chi connectivity index (χ1n) is 2.83. The number of amides is 1. The van der Waals surface area contributed by atoms with Crippen LogP contribution in [0.25, 0.3) is 0 Å². The number of rotatable bonds is 2. The second kappa shape index (κ2) is 2.47. The Bertz CT molecular complexity index is 242. The monoisotopic (exact) mass is 140 g/mol. The Morgan fingerprint density at radius 3 is 3.00 bits per heavy atom. The lowest BCUT2D eigenvalue weighted by Gasteiger charge is -1.95. The first-order valence-corrected chi connectivity index (χ1v) is 2.83. The van der Waals surface area contributed by atoms with Gasteiger partial charge in [0, 0.05) is 0 Å². The number of primary amides is 1. The normalized spacial score (nSPS) is 9.70. The highest BCUT2D eigenvalue weighted by atomic mass is 16.1. The second-order valence-electron chi connectivity index (χ2n) is 2.00. The Labute approximate surface area is 57.8 Å². The Hall–Kier alpha value is -1.39. The summed E-state index contributed by atoms with van der Waals surface area (Å²) < 4.78 is 1.45. The molecule has 0 spiro atoms. The summed E-state index contributed by atoms with van der Waals surface area (Å²) in [7, 11) is 0. The Balaban J connectivity index is 2.74. The molecule has 0 aromatic carbocycles. The lowest BCUT2D eigenvalue weighted by atomic mass is 10.5.